The summed E-state index contributed by atoms with van der Waals surface area (Å²) in [5, 5.41) is 7.89. The quantitative estimate of drug-likeness (QED) is 0.365. The van der Waals surface area contributed by atoms with Gasteiger partial charge in [0.25, 0.3) is 11.7 Å². The molecule has 11 nitrogen and oxygen atoms in total. The zero-order valence-electron chi connectivity index (χ0n) is 22.4. The number of aromatic nitrogens is 3. The highest BCUT2D eigenvalue weighted by Gasteiger charge is 2.55. The second-order valence-electron chi connectivity index (χ2n) is 10.2. The number of sulfonamides is 1. The molecule has 224 valence electrons. The Morgan fingerprint density at radius 1 is 1.10 bits per heavy atom. The normalized spacial score (nSPS) is 20.4. The number of amides is 1. The largest absolute Gasteiger partial charge is 0.489 e. The number of ether oxygens (including phenoxy) is 3. The smallest absolute Gasteiger partial charge is 0.292 e. The molecular weight excluding hydrogens is 578 g/mol. The molecule has 1 atom stereocenters. The number of halogens is 3. The second-order valence-corrected chi connectivity index (χ2v) is 12.1. The van der Waals surface area contributed by atoms with Crippen molar-refractivity contribution in [2.24, 2.45) is 0 Å². The molecular formula is C27H28F3N5O6S. The molecule has 1 amide bonds. The first-order valence-corrected chi connectivity index (χ1v) is 15.0. The average Bonchev–Trinajstić information content (AvgIpc) is 3.69. The molecule has 0 N–H and O–H groups in total. The molecule has 0 unspecified atom stereocenters. The van der Waals surface area contributed by atoms with Gasteiger partial charge in [-0.2, -0.15) is 4.31 Å². The highest BCUT2D eigenvalue weighted by molar-refractivity contribution is 7.89. The molecule has 3 aliphatic rings. The molecule has 2 fully saturated rings. The van der Waals surface area contributed by atoms with Gasteiger partial charge in [-0.1, -0.05) is 5.21 Å². The summed E-state index contributed by atoms with van der Waals surface area (Å²) in [6.07, 6.45) is 3.14. The molecule has 2 aromatic carbocycles. The number of aryl methyl sites for hydroxylation is 1. The SMILES string of the molecule is O=C1N(Cc2cn(CC[18F])nn2)c2ccc(S(=O)(=O)N3CCC[C@H]3COc3ccc(F)cc3F)cc2C12OCCCO2. The molecule has 3 aromatic rings. The molecule has 42 heavy (non-hydrogen) atoms. The number of carbonyl (C=O) groups is 1. The van der Waals surface area contributed by atoms with Crippen LogP contribution in [0.2, 0.25) is 0 Å². The summed E-state index contributed by atoms with van der Waals surface area (Å²) in [6.45, 7) is -0.0540. The topological polar surface area (TPSA) is 116 Å². The van der Waals surface area contributed by atoms with Gasteiger partial charge < -0.3 is 19.1 Å². The highest BCUT2D eigenvalue weighted by atomic mass is 32.2. The van der Waals surface area contributed by atoms with E-state index in [0.29, 0.717) is 36.7 Å². The summed E-state index contributed by atoms with van der Waals surface area (Å²) in [7, 11) is -4.09. The van der Waals surface area contributed by atoms with Crippen LogP contribution in [0, 0.1) is 11.6 Å². The Morgan fingerprint density at radius 3 is 2.67 bits per heavy atom. The third-order valence-corrected chi connectivity index (χ3v) is 9.46. The van der Waals surface area contributed by atoms with Crippen molar-refractivity contribution in [2.75, 3.05) is 37.9 Å². The molecule has 0 bridgehead atoms. The van der Waals surface area contributed by atoms with Gasteiger partial charge in [-0.25, -0.2) is 26.3 Å². The van der Waals surface area contributed by atoms with Crippen molar-refractivity contribution in [2.45, 2.75) is 49.1 Å². The number of rotatable bonds is 9. The van der Waals surface area contributed by atoms with Crippen molar-refractivity contribution >= 4 is 21.6 Å². The maximum absolute atomic E-state index is 14.1. The van der Waals surface area contributed by atoms with Crippen LogP contribution in [0.25, 0.3) is 0 Å². The monoisotopic (exact) mass is 606 g/mol. The first kappa shape index (κ1) is 28.6. The van der Waals surface area contributed by atoms with E-state index in [1.54, 1.807) is 0 Å². The first-order chi connectivity index (χ1) is 20.2. The predicted octanol–water partition coefficient (Wildman–Crippen LogP) is 2.89. The minimum absolute atomic E-state index is 0.00975. The summed E-state index contributed by atoms with van der Waals surface area (Å²) >= 11 is 0. The van der Waals surface area contributed by atoms with E-state index in [1.807, 2.05) is 0 Å². The Bertz CT molecular complexity index is 1600. The third-order valence-electron chi connectivity index (χ3n) is 7.51. The van der Waals surface area contributed by atoms with Gasteiger partial charge in [0.2, 0.25) is 10.0 Å². The lowest BCUT2D eigenvalue weighted by atomic mass is 10.1. The highest BCUT2D eigenvalue weighted by Crippen LogP contribution is 2.47. The number of hydrogen-bond donors (Lipinski definition) is 0. The Balaban J connectivity index is 1.29. The molecule has 0 radical (unpaired) electrons. The van der Waals surface area contributed by atoms with Gasteiger partial charge >= 0.3 is 0 Å². The molecule has 0 saturated carbocycles. The molecule has 4 heterocycles. The van der Waals surface area contributed by atoms with Crippen LogP contribution in [0.3, 0.4) is 0 Å². The van der Waals surface area contributed by atoms with Crippen molar-refractivity contribution < 1.29 is 40.6 Å². The minimum atomic E-state index is -4.09. The summed E-state index contributed by atoms with van der Waals surface area (Å²) < 4.78 is 87.8. The molecule has 2 saturated heterocycles. The van der Waals surface area contributed by atoms with Crippen molar-refractivity contribution in [3.8, 4) is 5.75 Å². The molecule has 6 rings (SSSR count). The summed E-state index contributed by atoms with van der Waals surface area (Å²) in [5.41, 5.74) is 1.06. The van der Waals surface area contributed by atoms with E-state index in [-0.39, 0.29) is 55.7 Å². The standard InChI is InChI=1S/C27H28F3N5O6S/c28-8-10-33-15-19(31-32-33)16-34-24-6-5-21(14-22(24)27(26(34)36)40-11-2-12-41-27)42(37,38)35-9-1-3-20(35)17-39-25-7-4-18(29)13-23(25)30/h4-7,13-15,20H,1-3,8-12,16-17H2/t20-/m0/s1/i28-1. The number of hydrogen-bond acceptors (Lipinski definition) is 8. The van der Waals surface area contributed by atoms with E-state index >= 15 is 0 Å². The first-order valence-electron chi connectivity index (χ1n) is 13.5. The zero-order valence-corrected chi connectivity index (χ0v) is 23.2. The van der Waals surface area contributed by atoms with Crippen molar-refractivity contribution in [3.63, 3.8) is 0 Å². The molecule has 3 aliphatic heterocycles. The van der Waals surface area contributed by atoms with Crippen LogP contribution in [0.5, 0.6) is 5.75 Å². The van der Waals surface area contributed by atoms with Gasteiger partial charge in [0.05, 0.1) is 49.1 Å². The van der Waals surface area contributed by atoms with Gasteiger partial charge in [0.1, 0.15) is 24.8 Å². The fraction of sp³-hybridized carbons (Fsp3) is 0.444. The number of carbonyl (C=O) groups excluding carboxylic acids is 1. The van der Waals surface area contributed by atoms with Crippen LogP contribution in [0.1, 0.15) is 30.5 Å². The number of alkyl halides is 1. The number of anilines is 1. The fourth-order valence-electron chi connectivity index (χ4n) is 5.52. The van der Waals surface area contributed by atoms with Crippen LogP contribution in [0.15, 0.2) is 47.5 Å². The van der Waals surface area contributed by atoms with Gasteiger partial charge in [-0.15, -0.1) is 5.10 Å². The van der Waals surface area contributed by atoms with Crippen LogP contribution < -0.4 is 9.64 Å². The lowest BCUT2D eigenvalue weighted by Crippen LogP contribution is -2.47. The minimum Gasteiger partial charge on any atom is -0.489 e. The number of nitrogens with zero attached hydrogens (tertiary/aromatic N) is 5. The van der Waals surface area contributed by atoms with E-state index in [4.69, 9.17) is 14.2 Å². The predicted molar refractivity (Wildman–Crippen MR) is 141 cm³/mol. The molecule has 1 aromatic heterocycles. The summed E-state index contributed by atoms with van der Waals surface area (Å²) in [4.78, 5) is 15.1. The van der Waals surface area contributed by atoms with Crippen LogP contribution in [-0.4, -0.2) is 72.7 Å². The number of fused-ring (bicyclic) bond motifs is 2. The van der Waals surface area contributed by atoms with E-state index in [9.17, 15) is 26.4 Å². The second kappa shape index (κ2) is 11.3. The lowest BCUT2D eigenvalue weighted by Gasteiger charge is -2.32. The fourth-order valence-corrected chi connectivity index (χ4v) is 7.23. The Labute approximate surface area is 239 Å². The zero-order chi connectivity index (χ0) is 29.5. The summed E-state index contributed by atoms with van der Waals surface area (Å²) in [6, 6.07) is 6.66. The van der Waals surface area contributed by atoms with E-state index < -0.39 is 46.1 Å². The van der Waals surface area contributed by atoms with Crippen molar-refractivity contribution in [3.05, 3.63) is 65.5 Å². The van der Waals surface area contributed by atoms with E-state index in [1.165, 1.54) is 38.3 Å². The maximum Gasteiger partial charge on any atom is 0.292 e. The van der Waals surface area contributed by atoms with Crippen molar-refractivity contribution in [1.29, 1.82) is 0 Å². The van der Waals surface area contributed by atoms with Crippen molar-refractivity contribution in [1.82, 2.24) is 19.3 Å². The molecule has 0 aliphatic carbocycles. The van der Waals surface area contributed by atoms with Gasteiger partial charge in [0.15, 0.2) is 11.6 Å². The number of benzene rings is 2. The average molecular weight is 607 g/mol. The maximum atomic E-state index is 14.1. The van der Waals surface area contributed by atoms with Gasteiger partial charge in [0, 0.05) is 18.2 Å². The molecule has 15 heteroatoms. The van der Waals surface area contributed by atoms with Crippen LogP contribution in [0.4, 0.5) is 18.9 Å². The van der Waals surface area contributed by atoms with E-state index in [0.717, 1.165) is 12.1 Å². The van der Waals surface area contributed by atoms with Crippen LogP contribution >= 0.6 is 0 Å². The molecule has 1 spiro atoms. The Kier molecular flexibility index (Phi) is 7.68. The van der Waals surface area contributed by atoms with Crippen LogP contribution in [-0.2, 0) is 43.2 Å². The van der Waals surface area contributed by atoms with Gasteiger partial charge in [-0.3, -0.25) is 4.79 Å². The summed E-state index contributed by atoms with van der Waals surface area (Å²) in [5.74, 6) is -4.14. The van der Waals surface area contributed by atoms with Gasteiger partial charge in [-0.05, 0) is 49.6 Å². The lowest BCUT2D eigenvalue weighted by molar-refractivity contribution is -0.256. The Hall–Kier alpha value is -3.53. The third kappa shape index (κ3) is 5.03. The van der Waals surface area contributed by atoms with E-state index in [2.05, 4.69) is 10.3 Å². The Morgan fingerprint density at radius 2 is 1.90 bits per heavy atom.